The van der Waals surface area contributed by atoms with Gasteiger partial charge in [-0.3, -0.25) is 14.4 Å². The van der Waals surface area contributed by atoms with Crippen molar-refractivity contribution in [2.75, 3.05) is 24.2 Å². The summed E-state index contributed by atoms with van der Waals surface area (Å²) in [6.45, 7) is 1.43. The fraction of sp³-hybridized carbons (Fsp3) is 0.529. The second-order valence-electron chi connectivity index (χ2n) is 6.69. The lowest BCUT2D eigenvalue weighted by Gasteiger charge is -2.21. The molecular weight excluding hydrogens is 382 g/mol. The van der Waals surface area contributed by atoms with Gasteiger partial charge in [0.25, 0.3) is 11.5 Å². The van der Waals surface area contributed by atoms with Crippen LogP contribution in [0.2, 0.25) is 0 Å². The van der Waals surface area contributed by atoms with E-state index in [4.69, 9.17) is 0 Å². The molecule has 1 aliphatic heterocycles. The normalized spacial score (nSPS) is 14.6. The van der Waals surface area contributed by atoms with Crippen molar-refractivity contribution in [2.24, 2.45) is 14.1 Å². The molecule has 0 aliphatic carbocycles. The Morgan fingerprint density at radius 3 is 2.54 bits per heavy atom. The summed E-state index contributed by atoms with van der Waals surface area (Å²) in [7, 11) is 3.24. The molecular formula is C17H23N7O3S. The molecule has 2 aromatic heterocycles. The van der Waals surface area contributed by atoms with Gasteiger partial charge in [-0.2, -0.15) is 0 Å². The lowest BCUT2D eigenvalue weighted by Crippen LogP contribution is -2.33. The highest BCUT2D eigenvalue weighted by atomic mass is 32.2. The maximum absolute atomic E-state index is 12.8. The van der Waals surface area contributed by atoms with Crippen molar-refractivity contribution in [3.63, 3.8) is 0 Å². The van der Waals surface area contributed by atoms with Crippen molar-refractivity contribution in [3.05, 3.63) is 28.2 Å². The molecule has 28 heavy (non-hydrogen) atoms. The van der Waals surface area contributed by atoms with Gasteiger partial charge in [-0.1, -0.05) is 24.6 Å². The predicted molar refractivity (Wildman–Crippen MR) is 104 cm³/mol. The van der Waals surface area contributed by atoms with E-state index in [1.807, 2.05) is 4.90 Å². The number of pyridine rings is 1. The molecule has 3 rings (SSSR count). The number of hydrogen-bond acceptors (Lipinski definition) is 7. The maximum Gasteiger partial charge on any atom is 0.274 e. The summed E-state index contributed by atoms with van der Waals surface area (Å²) in [6.07, 6.45) is 5.73. The number of aromatic nitrogens is 5. The van der Waals surface area contributed by atoms with Crippen molar-refractivity contribution >= 4 is 29.3 Å². The standard InChI is InChI=1S/C17H23N7O3S/c1-22-10-12(15(26)24-7-5-3-4-6-8-24)9-13(16(22)27)18-14(25)11-28-17-19-20-21-23(17)2/h9-10H,3-8,11H2,1-2H3,(H,18,25). The van der Waals surface area contributed by atoms with Crippen LogP contribution in [0.5, 0.6) is 0 Å². The molecule has 150 valence electrons. The van der Waals surface area contributed by atoms with Crippen LogP contribution < -0.4 is 10.9 Å². The summed E-state index contributed by atoms with van der Waals surface area (Å²) in [5, 5.41) is 14.1. The second kappa shape index (κ2) is 9.00. The van der Waals surface area contributed by atoms with Crippen LogP contribution in [0, 0.1) is 0 Å². The Morgan fingerprint density at radius 1 is 1.18 bits per heavy atom. The summed E-state index contributed by atoms with van der Waals surface area (Å²) in [5.41, 5.74) is 0.111. The quantitative estimate of drug-likeness (QED) is 0.727. The van der Waals surface area contributed by atoms with Gasteiger partial charge in [0.1, 0.15) is 5.69 Å². The van der Waals surface area contributed by atoms with E-state index < -0.39 is 0 Å². The number of thioether (sulfide) groups is 1. The molecule has 0 spiro atoms. The maximum atomic E-state index is 12.8. The number of likely N-dealkylation sites (tertiary alicyclic amines) is 1. The van der Waals surface area contributed by atoms with Gasteiger partial charge in [-0.15, -0.1) is 5.10 Å². The van der Waals surface area contributed by atoms with Crippen LogP contribution in [0.4, 0.5) is 5.69 Å². The number of nitrogens with zero attached hydrogens (tertiary/aromatic N) is 6. The molecule has 0 aromatic carbocycles. The molecule has 11 heteroatoms. The molecule has 2 amide bonds. The number of carbonyl (C=O) groups excluding carboxylic acids is 2. The highest BCUT2D eigenvalue weighted by Gasteiger charge is 2.20. The fourth-order valence-corrected chi connectivity index (χ4v) is 3.68. The molecule has 1 N–H and O–H groups in total. The predicted octanol–water partition coefficient (Wildman–Crippen LogP) is 0.656. The topological polar surface area (TPSA) is 115 Å². The van der Waals surface area contributed by atoms with E-state index >= 15 is 0 Å². The van der Waals surface area contributed by atoms with Crippen molar-refractivity contribution in [1.29, 1.82) is 0 Å². The minimum absolute atomic E-state index is 0.0433. The molecule has 2 aromatic rings. The molecule has 10 nitrogen and oxygen atoms in total. The van der Waals surface area contributed by atoms with Crippen LogP contribution in [0.25, 0.3) is 0 Å². The van der Waals surface area contributed by atoms with Crippen LogP contribution in [-0.2, 0) is 18.9 Å². The number of hydrogen-bond donors (Lipinski definition) is 1. The van der Waals surface area contributed by atoms with E-state index in [1.165, 1.54) is 21.5 Å². The Balaban J connectivity index is 1.71. The Bertz CT molecular complexity index is 916. The van der Waals surface area contributed by atoms with E-state index in [9.17, 15) is 14.4 Å². The number of nitrogens with one attached hydrogen (secondary N) is 1. The average molecular weight is 405 g/mol. The summed E-state index contributed by atoms with van der Waals surface area (Å²) in [5.74, 6) is -0.446. The summed E-state index contributed by atoms with van der Waals surface area (Å²) in [4.78, 5) is 39.3. The first kappa shape index (κ1) is 20.1. The van der Waals surface area contributed by atoms with Crippen LogP contribution in [0.3, 0.4) is 0 Å². The Labute approximate surface area is 166 Å². The number of tetrazole rings is 1. The fourth-order valence-electron chi connectivity index (χ4n) is 3.03. The van der Waals surface area contributed by atoms with Gasteiger partial charge in [-0.05, 0) is 29.3 Å². The van der Waals surface area contributed by atoms with Crippen molar-refractivity contribution in [2.45, 2.75) is 30.8 Å². The monoisotopic (exact) mass is 405 g/mol. The first-order chi connectivity index (χ1) is 13.5. The lowest BCUT2D eigenvalue weighted by molar-refractivity contribution is -0.113. The summed E-state index contributed by atoms with van der Waals surface area (Å²) < 4.78 is 2.78. The summed E-state index contributed by atoms with van der Waals surface area (Å²) >= 11 is 1.16. The summed E-state index contributed by atoms with van der Waals surface area (Å²) in [6, 6.07) is 1.46. The number of anilines is 1. The smallest absolute Gasteiger partial charge is 0.274 e. The molecule has 0 radical (unpaired) electrons. The van der Waals surface area contributed by atoms with Crippen molar-refractivity contribution in [1.82, 2.24) is 29.7 Å². The van der Waals surface area contributed by atoms with Gasteiger partial charge in [0.15, 0.2) is 0 Å². The Kier molecular flexibility index (Phi) is 6.45. The van der Waals surface area contributed by atoms with Crippen LogP contribution in [0.1, 0.15) is 36.0 Å². The number of aryl methyl sites for hydroxylation is 2. The van der Waals surface area contributed by atoms with E-state index in [0.29, 0.717) is 23.8 Å². The number of amides is 2. The molecule has 0 bridgehead atoms. The van der Waals surface area contributed by atoms with Crippen LogP contribution >= 0.6 is 11.8 Å². The molecule has 0 atom stereocenters. The van der Waals surface area contributed by atoms with Crippen LogP contribution in [-0.4, -0.2) is 60.3 Å². The SMILES string of the molecule is Cn1nnnc1SCC(=O)Nc1cc(C(=O)N2CCCCCC2)cn(C)c1=O. The van der Waals surface area contributed by atoms with E-state index in [1.54, 1.807) is 14.1 Å². The van der Waals surface area contributed by atoms with Crippen LogP contribution in [0.15, 0.2) is 22.2 Å². The van der Waals surface area contributed by atoms with Gasteiger partial charge in [-0.25, -0.2) is 4.68 Å². The average Bonchev–Trinajstić information content (AvgIpc) is 2.91. The zero-order chi connectivity index (χ0) is 20.1. The molecule has 0 saturated carbocycles. The van der Waals surface area contributed by atoms with Gasteiger partial charge < -0.3 is 14.8 Å². The van der Waals surface area contributed by atoms with Gasteiger partial charge >= 0.3 is 0 Å². The zero-order valence-electron chi connectivity index (χ0n) is 15.9. The largest absolute Gasteiger partial charge is 0.339 e. The van der Waals surface area contributed by atoms with Crippen molar-refractivity contribution < 1.29 is 9.59 Å². The molecule has 1 saturated heterocycles. The lowest BCUT2D eigenvalue weighted by atomic mass is 10.2. The molecule has 1 aliphatic rings. The first-order valence-electron chi connectivity index (χ1n) is 9.10. The number of carbonyl (C=O) groups is 2. The molecule has 3 heterocycles. The highest BCUT2D eigenvalue weighted by molar-refractivity contribution is 7.99. The van der Waals surface area contributed by atoms with E-state index in [2.05, 4.69) is 20.8 Å². The first-order valence-corrected chi connectivity index (χ1v) is 10.1. The van der Waals surface area contributed by atoms with E-state index in [0.717, 1.165) is 37.4 Å². The third-order valence-electron chi connectivity index (χ3n) is 4.51. The van der Waals surface area contributed by atoms with Gasteiger partial charge in [0.05, 0.1) is 11.3 Å². The second-order valence-corrected chi connectivity index (χ2v) is 7.63. The minimum atomic E-state index is -0.371. The molecule has 0 unspecified atom stereocenters. The highest BCUT2D eigenvalue weighted by Crippen LogP contribution is 2.16. The molecule has 1 fully saturated rings. The third-order valence-corrected chi connectivity index (χ3v) is 5.52. The third kappa shape index (κ3) is 4.77. The number of rotatable bonds is 5. The zero-order valence-corrected chi connectivity index (χ0v) is 16.7. The minimum Gasteiger partial charge on any atom is -0.339 e. The van der Waals surface area contributed by atoms with Gasteiger partial charge in [0, 0.05) is 33.4 Å². The Morgan fingerprint density at radius 2 is 1.89 bits per heavy atom. The van der Waals surface area contributed by atoms with Crippen molar-refractivity contribution in [3.8, 4) is 0 Å². The van der Waals surface area contributed by atoms with E-state index in [-0.39, 0.29) is 28.8 Å². The van der Waals surface area contributed by atoms with Gasteiger partial charge in [0.2, 0.25) is 11.1 Å². The Hall–Kier alpha value is -2.69.